The lowest BCUT2D eigenvalue weighted by molar-refractivity contribution is 0.472. The Bertz CT molecular complexity index is 342. The van der Waals surface area contributed by atoms with Crippen molar-refractivity contribution < 1.29 is 0 Å². The van der Waals surface area contributed by atoms with Crippen molar-refractivity contribution in [2.45, 2.75) is 13.1 Å². The fourth-order valence-electron chi connectivity index (χ4n) is 1.97. The van der Waals surface area contributed by atoms with E-state index in [1.165, 1.54) is 16.9 Å². The minimum Gasteiger partial charge on any atom is -0.312 e. The van der Waals surface area contributed by atoms with Crippen LogP contribution in [0.1, 0.15) is 5.56 Å². The van der Waals surface area contributed by atoms with Gasteiger partial charge < -0.3 is 4.90 Å². The maximum absolute atomic E-state index is 3.82. The SMILES string of the molecule is C=Cc1cccc([Si](C)(C)CN(C)C)c1. The summed E-state index contributed by atoms with van der Waals surface area (Å²) < 4.78 is 0. The highest BCUT2D eigenvalue weighted by molar-refractivity contribution is 6.90. The van der Waals surface area contributed by atoms with Gasteiger partial charge in [-0.05, 0) is 25.8 Å². The van der Waals surface area contributed by atoms with E-state index in [1.54, 1.807) is 0 Å². The Morgan fingerprint density at radius 2 is 2.00 bits per heavy atom. The van der Waals surface area contributed by atoms with Crippen LogP contribution in [-0.2, 0) is 0 Å². The van der Waals surface area contributed by atoms with E-state index < -0.39 is 8.07 Å². The van der Waals surface area contributed by atoms with E-state index >= 15 is 0 Å². The number of nitrogens with zero attached hydrogens (tertiary/aromatic N) is 1. The predicted octanol–water partition coefficient (Wildman–Crippen LogP) is 2.35. The molecular formula is C13H21NSi. The Labute approximate surface area is 94.4 Å². The molecule has 2 heteroatoms. The van der Waals surface area contributed by atoms with Crippen molar-refractivity contribution in [3.05, 3.63) is 36.4 Å². The molecule has 0 saturated carbocycles. The normalized spacial score (nSPS) is 11.8. The lowest BCUT2D eigenvalue weighted by atomic mass is 10.2. The van der Waals surface area contributed by atoms with Gasteiger partial charge >= 0.3 is 0 Å². The zero-order valence-electron chi connectivity index (χ0n) is 10.2. The number of benzene rings is 1. The monoisotopic (exact) mass is 219 g/mol. The van der Waals surface area contributed by atoms with Crippen molar-refractivity contribution in [1.29, 1.82) is 0 Å². The molecule has 82 valence electrons. The first-order valence-corrected chi connectivity index (χ1v) is 8.54. The van der Waals surface area contributed by atoms with Gasteiger partial charge in [0.1, 0.15) is 0 Å². The van der Waals surface area contributed by atoms with Crippen LogP contribution >= 0.6 is 0 Å². The quantitative estimate of drug-likeness (QED) is 0.703. The first-order chi connectivity index (χ1) is 6.95. The molecule has 1 rings (SSSR count). The first kappa shape index (κ1) is 12.2. The molecule has 0 unspecified atom stereocenters. The van der Waals surface area contributed by atoms with Crippen molar-refractivity contribution >= 4 is 19.3 Å². The van der Waals surface area contributed by atoms with Gasteiger partial charge in [-0.25, -0.2) is 0 Å². The van der Waals surface area contributed by atoms with Crippen LogP contribution in [0.5, 0.6) is 0 Å². The molecule has 1 aromatic rings. The molecule has 0 amide bonds. The maximum Gasteiger partial charge on any atom is 0.0948 e. The second-order valence-corrected chi connectivity index (χ2v) is 9.61. The Hall–Kier alpha value is -0.863. The summed E-state index contributed by atoms with van der Waals surface area (Å²) in [5, 5.41) is 1.51. The summed E-state index contributed by atoms with van der Waals surface area (Å²) in [5.74, 6) is 0. The summed E-state index contributed by atoms with van der Waals surface area (Å²) >= 11 is 0. The molecule has 0 saturated heterocycles. The first-order valence-electron chi connectivity index (χ1n) is 5.33. The summed E-state index contributed by atoms with van der Waals surface area (Å²) in [6.45, 7) is 8.64. The molecule has 0 fully saturated rings. The third kappa shape index (κ3) is 3.32. The highest BCUT2D eigenvalue weighted by atomic mass is 28.3. The third-order valence-corrected chi connectivity index (χ3v) is 5.91. The zero-order valence-corrected chi connectivity index (χ0v) is 11.2. The van der Waals surface area contributed by atoms with Crippen LogP contribution in [-0.4, -0.2) is 33.2 Å². The molecule has 0 aromatic heterocycles. The largest absolute Gasteiger partial charge is 0.312 e. The van der Waals surface area contributed by atoms with Crippen molar-refractivity contribution in [1.82, 2.24) is 4.90 Å². The molecule has 0 aliphatic rings. The zero-order chi connectivity index (χ0) is 11.5. The Morgan fingerprint density at radius 1 is 1.33 bits per heavy atom. The standard InChI is InChI=1S/C13H21NSi/c1-6-12-8-7-9-13(10-12)15(4,5)11-14(2)3/h6-10H,1,11H2,2-5H3. The van der Waals surface area contributed by atoms with Gasteiger partial charge in [-0.2, -0.15) is 0 Å². The van der Waals surface area contributed by atoms with E-state index in [2.05, 4.69) is 62.9 Å². The van der Waals surface area contributed by atoms with E-state index in [9.17, 15) is 0 Å². The van der Waals surface area contributed by atoms with Gasteiger partial charge in [0, 0.05) is 0 Å². The van der Waals surface area contributed by atoms with E-state index in [0.717, 1.165) is 0 Å². The fraction of sp³-hybridized carbons (Fsp3) is 0.385. The molecule has 0 N–H and O–H groups in total. The predicted molar refractivity (Wildman–Crippen MR) is 72.2 cm³/mol. The van der Waals surface area contributed by atoms with Gasteiger partial charge in [-0.3, -0.25) is 0 Å². The maximum atomic E-state index is 3.82. The summed E-state index contributed by atoms with van der Waals surface area (Å²) in [5.41, 5.74) is 1.23. The van der Waals surface area contributed by atoms with Crippen LogP contribution in [0.2, 0.25) is 13.1 Å². The lowest BCUT2D eigenvalue weighted by Gasteiger charge is -2.27. The minimum absolute atomic E-state index is 1.19. The van der Waals surface area contributed by atoms with Crippen LogP contribution in [0.15, 0.2) is 30.8 Å². The molecule has 15 heavy (non-hydrogen) atoms. The van der Waals surface area contributed by atoms with Crippen molar-refractivity contribution in [2.75, 3.05) is 20.3 Å². The van der Waals surface area contributed by atoms with Gasteiger partial charge in [0.2, 0.25) is 0 Å². The molecule has 0 radical (unpaired) electrons. The van der Waals surface area contributed by atoms with Crippen LogP contribution in [0.3, 0.4) is 0 Å². The van der Waals surface area contributed by atoms with E-state index in [4.69, 9.17) is 0 Å². The van der Waals surface area contributed by atoms with Crippen LogP contribution < -0.4 is 5.19 Å². The average molecular weight is 219 g/mol. The lowest BCUT2D eigenvalue weighted by Crippen LogP contribution is -2.50. The average Bonchev–Trinajstić information content (AvgIpc) is 2.16. The molecular weight excluding hydrogens is 198 g/mol. The number of rotatable bonds is 4. The molecule has 0 heterocycles. The summed E-state index contributed by atoms with van der Waals surface area (Å²) in [6, 6.07) is 8.78. The summed E-state index contributed by atoms with van der Waals surface area (Å²) in [7, 11) is 2.98. The summed E-state index contributed by atoms with van der Waals surface area (Å²) in [6.07, 6.45) is 3.11. The van der Waals surface area contributed by atoms with Gasteiger partial charge in [-0.1, -0.05) is 55.2 Å². The molecule has 0 aliphatic carbocycles. The van der Waals surface area contributed by atoms with Gasteiger partial charge in [-0.15, -0.1) is 0 Å². The second-order valence-electron chi connectivity index (χ2n) is 4.95. The molecule has 1 aromatic carbocycles. The van der Waals surface area contributed by atoms with E-state index in [0.29, 0.717) is 0 Å². The minimum atomic E-state index is -1.31. The van der Waals surface area contributed by atoms with Crippen molar-refractivity contribution in [2.24, 2.45) is 0 Å². The molecule has 0 spiro atoms. The highest BCUT2D eigenvalue weighted by Crippen LogP contribution is 2.07. The van der Waals surface area contributed by atoms with Crippen LogP contribution in [0, 0.1) is 0 Å². The fourth-order valence-corrected chi connectivity index (χ4v) is 4.84. The van der Waals surface area contributed by atoms with E-state index in [1.807, 2.05) is 6.08 Å². The van der Waals surface area contributed by atoms with Crippen LogP contribution in [0.4, 0.5) is 0 Å². The molecule has 0 atom stereocenters. The molecule has 0 bridgehead atoms. The van der Waals surface area contributed by atoms with Gasteiger partial charge in [0.05, 0.1) is 8.07 Å². The smallest absolute Gasteiger partial charge is 0.0948 e. The Balaban J connectivity index is 2.98. The van der Waals surface area contributed by atoms with Gasteiger partial charge in [0.15, 0.2) is 0 Å². The molecule has 1 nitrogen and oxygen atoms in total. The van der Waals surface area contributed by atoms with Crippen molar-refractivity contribution in [3.63, 3.8) is 0 Å². The van der Waals surface area contributed by atoms with Crippen molar-refractivity contribution in [3.8, 4) is 0 Å². The van der Waals surface area contributed by atoms with Crippen LogP contribution in [0.25, 0.3) is 6.08 Å². The Kier molecular flexibility index (Phi) is 3.88. The topological polar surface area (TPSA) is 3.24 Å². The number of hydrogen-bond acceptors (Lipinski definition) is 1. The number of hydrogen-bond donors (Lipinski definition) is 0. The third-order valence-electron chi connectivity index (χ3n) is 2.62. The van der Waals surface area contributed by atoms with E-state index in [-0.39, 0.29) is 0 Å². The Morgan fingerprint density at radius 3 is 2.53 bits per heavy atom. The second kappa shape index (κ2) is 4.77. The molecule has 0 aliphatic heterocycles. The van der Waals surface area contributed by atoms with Gasteiger partial charge in [0.25, 0.3) is 0 Å². The highest BCUT2D eigenvalue weighted by Gasteiger charge is 2.23. The summed E-state index contributed by atoms with van der Waals surface area (Å²) in [4.78, 5) is 2.28.